The number of fused-ring (bicyclic) bond motifs is 2. The summed E-state index contributed by atoms with van der Waals surface area (Å²) in [4.78, 5) is 33.0. The van der Waals surface area contributed by atoms with Crippen LogP contribution in [0.2, 0.25) is 10.0 Å². The van der Waals surface area contributed by atoms with Crippen molar-refractivity contribution >= 4 is 51.5 Å². The van der Waals surface area contributed by atoms with Gasteiger partial charge in [-0.05, 0) is 48.4 Å². The molecule has 0 spiro atoms. The number of rotatable bonds is 3. The molecule has 1 amide bonds. The molecular formula is C25H20Cl2N4O2. The standard InChI is InChI=1S/C25H20Cl2N4O2/c1-13-4-3-5-14(22(13)27)10-20-24(32)29-18-9-7-16(26)12-17(18)23(28-20)15-6-8-19-21(11-15)31(2)25(33)30-19/h3-9,11-12,20H,10H2,1-2H3,(H,29,32)(H,30,33). The Hall–Kier alpha value is -3.35. The van der Waals surface area contributed by atoms with E-state index in [1.54, 1.807) is 29.8 Å². The average Bonchev–Trinajstić information content (AvgIpc) is 3.00. The van der Waals surface area contributed by atoms with Crippen LogP contribution < -0.4 is 11.0 Å². The highest BCUT2D eigenvalue weighted by Gasteiger charge is 2.27. The summed E-state index contributed by atoms with van der Waals surface area (Å²) in [5.41, 5.74) is 5.81. The fourth-order valence-electron chi connectivity index (χ4n) is 4.13. The molecule has 0 saturated heterocycles. The van der Waals surface area contributed by atoms with Crippen molar-refractivity contribution in [2.75, 3.05) is 5.32 Å². The number of halogens is 2. The number of nitrogens with one attached hydrogen (secondary N) is 2. The largest absolute Gasteiger partial charge is 0.326 e. The first-order chi connectivity index (χ1) is 15.8. The second kappa shape index (κ2) is 8.21. The Balaban J connectivity index is 1.69. The number of carbonyl (C=O) groups excluding carboxylic acids is 1. The molecule has 1 aliphatic rings. The van der Waals surface area contributed by atoms with Crippen molar-refractivity contribution in [2.24, 2.45) is 12.0 Å². The Morgan fingerprint density at radius 1 is 1.06 bits per heavy atom. The minimum Gasteiger partial charge on any atom is -0.324 e. The molecule has 0 bridgehead atoms. The van der Waals surface area contributed by atoms with Crippen LogP contribution in [0.4, 0.5) is 5.69 Å². The molecule has 1 aromatic heterocycles. The highest BCUT2D eigenvalue weighted by Crippen LogP contribution is 2.30. The molecule has 1 atom stereocenters. The summed E-state index contributed by atoms with van der Waals surface area (Å²) in [6.07, 6.45) is 0.350. The first-order valence-corrected chi connectivity index (χ1v) is 11.2. The molecule has 3 aromatic carbocycles. The van der Waals surface area contributed by atoms with Gasteiger partial charge in [0.1, 0.15) is 6.04 Å². The summed E-state index contributed by atoms with van der Waals surface area (Å²) < 4.78 is 1.54. The number of benzene rings is 3. The van der Waals surface area contributed by atoms with Crippen molar-refractivity contribution in [3.63, 3.8) is 0 Å². The predicted octanol–water partition coefficient (Wildman–Crippen LogP) is 4.88. The van der Waals surface area contributed by atoms with Gasteiger partial charge in [0.2, 0.25) is 5.91 Å². The number of anilines is 1. The summed E-state index contributed by atoms with van der Waals surface area (Å²) in [5, 5.41) is 4.16. The summed E-state index contributed by atoms with van der Waals surface area (Å²) >= 11 is 12.8. The quantitative estimate of drug-likeness (QED) is 0.439. The van der Waals surface area contributed by atoms with Gasteiger partial charge in [0.15, 0.2) is 0 Å². The van der Waals surface area contributed by atoms with Gasteiger partial charge in [-0.25, -0.2) is 4.79 Å². The van der Waals surface area contributed by atoms with Crippen LogP contribution in [0.5, 0.6) is 0 Å². The second-order valence-corrected chi connectivity index (χ2v) is 8.96. The van der Waals surface area contributed by atoms with Crippen LogP contribution in [0.15, 0.2) is 64.4 Å². The molecule has 1 aliphatic heterocycles. The number of aliphatic imine (C=N–C) groups is 1. The maximum absolute atomic E-state index is 13.2. The van der Waals surface area contributed by atoms with Gasteiger partial charge in [-0.3, -0.25) is 14.4 Å². The molecule has 0 aliphatic carbocycles. The molecule has 0 radical (unpaired) electrons. The lowest BCUT2D eigenvalue weighted by Crippen LogP contribution is -2.27. The van der Waals surface area contributed by atoms with E-state index in [4.69, 9.17) is 28.2 Å². The molecule has 0 saturated carbocycles. The lowest BCUT2D eigenvalue weighted by Gasteiger charge is -2.13. The number of H-pyrrole nitrogens is 1. The van der Waals surface area contributed by atoms with Crippen LogP contribution in [0.25, 0.3) is 11.0 Å². The number of nitrogens with zero attached hydrogens (tertiary/aromatic N) is 2. The number of aryl methyl sites for hydroxylation is 2. The third-order valence-electron chi connectivity index (χ3n) is 5.95. The van der Waals surface area contributed by atoms with Gasteiger partial charge in [0, 0.05) is 34.6 Å². The molecule has 2 heterocycles. The van der Waals surface area contributed by atoms with Gasteiger partial charge >= 0.3 is 5.69 Å². The highest BCUT2D eigenvalue weighted by molar-refractivity contribution is 6.32. The van der Waals surface area contributed by atoms with E-state index in [9.17, 15) is 9.59 Å². The minimum atomic E-state index is -0.698. The zero-order valence-electron chi connectivity index (χ0n) is 17.9. The molecule has 1 unspecified atom stereocenters. The summed E-state index contributed by atoms with van der Waals surface area (Å²) in [6.45, 7) is 1.93. The van der Waals surface area contributed by atoms with E-state index < -0.39 is 6.04 Å². The Labute approximate surface area is 199 Å². The second-order valence-electron chi connectivity index (χ2n) is 8.15. The van der Waals surface area contributed by atoms with E-state index in [1.165, 1.54) is 0 Å². The SMILES string of the molecule is Cc1cccc(CC2N=C(c3ccc4[nH]c(=O)n(C)c4c3)c3cc(Cl)ccc3NC2=O)c1Cl. The zero-order valence-corrected chi connectivity index (χ0v) is 19.5. The topological polar surface area (TPSA) is 79.2 Å². The van der Waals surface area contributed by atoms with Crippen LogP contribution >= 0.6 is 23.2 Å². The molecule has 5 rings (SSSR count). The molecule has 8 heteroatoms. The molecule has 0 fully saturated rings. The fourth-order valence-corrected chi connectivity index (χ4v) is 4.51. The van der Waals surface area contributed by atoms with Crippen molar-refractivity contribution in [3.8, 4) is 0 Å². The summed E-state index contributed by atoms with van der Waals surface area (Å²) in [7, 11) is 1.71. The van der Waals surface area contributed by atoms with Crippen LogP contribution in [0.3, 0.4) is 0 Å². The number of aromatic amines is 1. The Morgan fingerprint density at radius 3 is 2.70 bits per heavy atom. The first-order valence-electron chi connectivity index (χ1n) is 10.4. The zero-order chi connectivity index (χ0) is 23.3. The average molecular weight is 479 g/mol. The van der Waals surface area contributed by atoms with E-state index in [1.807, 2.05) is 43.3 Å². The highest BCUT2D eigenvalue weighted by atomic mass is 35.5. The third kappa shape index (κ3) is 3.86. The summed E-state index contributed by atoms with van der Waals surface area (Å²) in [5.74, 6) is -0.221. The Kier molecular flexibility index (Phi) is 5.35. The predicted molar refractivity (Wildman–Crippen MR) is 133 cm³/mol. The van der Waals surface area contributed by atoms with Crippen molar-refractivity contribution in [1.82, 2.24) is 9.55 Å². The molecule has 2 N–H and O–H groups in total. The molecule has 166 valence electrons. The van der Waals surface area contributed by atoms with E-state index in [0.717, 1.165) is 27.7 Å². The Bertz CT molecular complexity index is 1520. The summed E-state index contributed by atoms with van der Waals surface area (Å²) in [6, 6.07) is 16.0. The van der Waals surface area contributed by atoms with Gasteiger partial charge < -0.3 is 10.3 Å². The number of imidazole rings is 1. The van der Waals surface area contributed by atoms with Crippen LogP contribution in [-0.4, -0.2) is 27.2 Å². The number of amides is 1. The number of benzodiazepines with no additional fused rings is 1. The van der Waals surface area contributed by atoms with Crippen LogP contribution in [0, 0.1) is 6.92 Å². The van der Waals surface area contributed by atoms with Crippen molar-refractivity contribution in [2.45, 2.75) is 19.4 Å². The lowest BCUT2D eigenvalue weighted by atomic mass is 9.99. The molecule has 6 nitrogen and oxygen atoms in total. The number of hydrogen-bond donors (Lipinski definition) is 2. The van der Waals surface area contributed by atoms with Gasteiger partial charge in [0.25, 0.3) is 0 Å². The van der Waals surface area contributed by atoms with Crippen LogP contribution in [0.1, 0.15) is 22.3 Å². The molecule has 4 aromatic rings. The lowest BCUT2D eigenvalue weighted by molar-refractivity contribution is -0.117. The van der Waals surface area contributed by atoms with Gasteiger partial charge in [-0.15, -0.1) is 0 Å². The van der Waals surface area contributed by atoms with Gasteiger partial charge in [-0.1, -0.05) is 47.5 Å². The smallest absolute Gasteiger partial charge is 0.324 e. The van der Waals surface area contributed by atoms with Crippen molar-refractivity contribution < 1.29 is 4.79 Å². The van der Waals surface area contributed by atoms with E-state index in [0.29, 0.717) is 33.4 Å². The van der Waals surface area contributed by atoms with Crippen LogP contribution in [-0.2, 0) is 18.3 Å². The van der Waals surface area contributed by atoms with E-state index >= 15 is 0 Å². The van der Waals surface area contributed by atoms with Crippen molar-refractivity contribution in [1.29, 1.82) is 0 Å². The maximum Gasteiger partial charge on any atom is 0.326 e. The van der Waals surface area contributed by atoms with Gasteiger partial charge in [0.05, 0.1) is 22.4 Å². The number of aromatic nitrogens is 2. The van der Waals surface area contributed by atoms with E-state index in [-0.39, 0.29) is 11.6 Å². The van der Waals surface area contributed by atoms with E-state index in [2.05, 4.69) is 10.3 Å². The molecular weight excluding hydrogens is 459 g/mol. The normalized spacial score (nSPS) is 15.7. The first kappa shape index (κ1) is 21.5. The molecule has 33 heavy (non-hydrogen) atoms. The number of hydrogen-bond acceptors (Lipinski definition) is 3. The fraction of sp³-hybridized carbons (Fsp3) is 0.160. The maximum atomic E-state index is 13.2. The van der Waals surface area contributed by atoms with Crippen molar-refractivity contribution in [3.05, 3.63) is 97.4 Å². The van der Waals surface area contributed by atoms with Gasteiger partial charge in [-0.2, -0.15) is 0 Å². The Morgan fingerprint density at radius 2 is 1.88 bits per heavy atom. The third-order valence-corrected chi connectivity index (χ3v) is 6.72. The number of carbonyl (C=O) groups is 1. The monoisotopic (exact) mass is 478 g/mol. The minimum absolute atomic E-state index is 0.197.